The third-order valence-corrected chi connectivity index (χ3v) is 11.9. The molecule has 1 unspecified atom stereocenters. The van der Waals surface area contributed by atoms with Gasteiger partial charge in [-0.2, -0.15) is 16.9 Å². The van der Waals surface area contributed by atoms with Crippen molar-refractivity contribution < 1.29 is 23.1 Å². The molecule has 2 N–H and O–H groups in total. The van der Waals surface area contributed by atoms with Crippen molar-refractivity contribution in [3.05, 3.63) is 94.7 Å². The van der Waals surface area contributed by atoms with E-state index in [0.29, 0.717) is 34.8 Å². The summed E-state index contributed by atoms with van der Waals surface area (Å²) >= 11 is 2.89. The SMILES string of the molecule is Cn1nc2nc1-c1cc(ccc1F)Sc1c(F)c(F)c3[nH]ccc3c1CCSCC(C)(C)CCCC2(C)c1cccc(CCC(=O)O)c1. The highest BCUT2D eigenvalue weighted by Gasteiger charge is 2.35. The van der Waals surface area contributed by atoms with E-state index >= 15 is 13.2 Å². The Balaban J connectivity index is 1.47. The van der Waals surface area contributed by atoms with Gasteiger partial charge in [-0.3, -0.25) is 4.79 Å². The minimum Gasteiger partial charge on any atom is -0.481 e. The van der Waals surface area contributed by atoms with Gasteiger partial charge in [0.1, 0.15) is 5.82 Å². The molecule has 3 heterocycles. The predicted molar refractivity (Wildman–Crippen MR) is 186 cm³/mol. The molecule has 6 rings (SSSR count). The lowest BCUT2D eigenvalue weighted by Gasteiger charge is -2.30. The van der Waals surface area contributed by atoms with Crippen LogP contribution in [0.2, 0.25) is 0 Å². The van der Waals surface area contributed by atoms with Gasteiger partial charge in [0.25, 0.3) is 0 Å². The van der Waals surface area contributed by atoms with E-state index in [9.17, 15) is 9.90 Å². The van der Waals surface area contributed by atoms with E-state index in [1.165, 1.54) is 6.07 Å². The lowest BCUT2D eigenvalue weighted by molar-refractivity contribution is -0.136. The van der Waals surface area contributed by atoms with Gasteiger partial charge in [0.05, 0.1) is 21.4 Å². The summed E-state index contributed by atoms with van der Waals surface area (Å²) in [5.41, 5.74) is 2.34. The topological polar surface area (TPSA) is 83.8 Å². The number of carboxylic acids is 1. The molecule has 0 saturated carbocycles. The molecular formula is C37H39F3N4O2S2. The van der Waals surface area contributed by atoms with E-state index in [1.54, 1.807) is 47.9 Å². The van der Waals surface area contributed by atoms with Gasteiger partial charge in [0.2, 0.25) is 0 Å². The molecule has 0 saturated heterocycles. The highest BCUT2D eigenvalue weighted by atomic mass is 32.2. The molecule has 1 aliphatic heterocycles. The molecule has 3 aromatic carbocycles. The number of H-pyrrole nitrogens is 1. The number of carboxylic acid groups (broad SMARTS) is 1. The molecule has 6 nitrogen and oxygen atoms in total. The lowest BCUT2D eigenvalue weighted by Crippen LogP contribution is -2.27. The molecule has 1 atom stereocenters. The van der Waals surface area contributed by atoms with Crippen molar-refractivity contribution in [2.24, 2.45) is 12.5 Å². The molecule has 48 heavy (non-hydrogen) atoms. The molecule has 11 heteroatoms. The fraction of sp³-hybridized carbons (Fsp3) is 0.378. The number of halogens is 3. The first-order valence-electron chi connectivity index (χ1n) is 16.1. The molecule has 0 amide bonds. The van der Waals surface area contributed by atoms with Gasteiger partial charge in [-0.05, 0) is 90.5 Å². The number of hydrogen-bond donors (Lipinski definition) is 2. The number of nitrogens with zero attached hydrogens (tertiary/aromatic N) is 3. The highest BCUT2D eigenvalue weighted by molar-refractivity contribution is 7.99. The summed E-state index contributed by atoms with van der Waals surface area (Å²) in [5, 5.41) is 14.8. The number of hydrogen-bond acceptors (Lipinski definition) is 5. The Morgan fingerprint density at radius 2 is 1.88 bits per heavy atom. The van der Waals surface area contributed by atoms with Gasteiger partial charge in [-0.15, -0.1) is 0 Å². The van der Waals surface area contributed by atoms with Crippen LogP contribution in [0.5, 0.6) is 0 Å². The molecule has 0 fully saturated rings. The first kappa shape index (κ1) is 34.2. The van der Waals surface area contributed by atoms with E-state index in [4.69, 9.17) is 10.1 Å². The molecule has 0 radical (unpaired) electrons. The second kappa shape index (κ2) is 13.7. The van der Waals surface area contributed by atoms with Crippen LogP contribution in [-0.4, -0.2) is 42.3 Å². The zero-order valence-corrected chi connectivity index (χ0v) is 29.1. The third-order valence-electron chi connectivity index (χ3n) is 9.32. The van der Waals surface area contributed by atoms with Crippen molar-refractivity contribution >= 4 is 40.4 Å². The fourth-order valence-electron chi connectivity index (χ4n) is 6.55. The second-order valence-electron chi connectivity index (χ2n) is 13.6. The van der Waals surface area contributed by atoms with Crippen molar-refractivity contribution in [2.45, 2.75) is 74.5 Å². The number of aliphatic carboxylic acids is 1. The van der Waals surface area contributed by atoms with Crippen molar-refractivity contribution in [3.8, 4) is 11.4 Å². The lowest BCUT2D eigenvalue weighted by atomic mass is 9.75. The number of aromatic amines is 1. The van der Waals surface area contributed by atoms with Crippen LogP contribution in [0.25, 0.3) is 22.3 Å². The Kier molecular flexibility index (Phi) is 9.73. The molecule has 0 spiro atoms. The number of nitrogens with one attached hydrogen (secondary N) is 1. The maximum absolute atomic E-state index is 15.7. The first-order chi connectivity index (χ1) is 22.9. The van der Waals surface area contributed by atoms with Crippen molar-refractivity contribution in [3.63, 3.8) is 0 Å². The number of thioether (sulfide) groups is 1. The van der Waals surface area contributed by atoms with E-state index in [2.05, 4.69) is 25.8 Å². The Bertz CT molecular complexity index is 1990. The zero-order valence-electron chi connectivity index (χ0n) is 27.5. The molecule has 5 aromatic rings. The minimum atomic E-state index is -0.927. The van der Waals surface area contributed by atoms with Crippen LogP contribution in [0, 0.1) is 22.9 Å². The number of rotatable bonds is 4. The van der Waals surface area contributed by atoms with Gasteiger partial charge >= 0.3 is 5.97 Å². The summed E-state index contributed by atoms with van der Waals surface area (Å²) in [7, 11) is 1.73. The van der Waals surface area contributed by atoms with E-state index < -0.39 is 28.8 Å². The minimum absolute atomic E-state index is 0.00133. The zero-order chi connectivity index (χ0) is 34.2. The van der Waals surface area contributed by atoms with Gasteiger partial charge in [0.15, 0.2) is 23.3 Å². The van der Waals surface area contributed by atoms with Crippen molar-refractivity contribution in [1.82, 2.24) is 19.7 Å². The second-order valence-corrected chi connectivity index (χ2v) is 15.8. The van der Waals surface area contributed by atoms with Crippen LogP contribution in [-0.2, 0) is 30.1 Å². The molecule has 1 aliphatic rings. The van der Waals surface area contributed by atoms with Crippen LogP contribution in [0.3, 0.4) is 0 Å². The summed E-state index contributed by atoms with van der Waals surface area (Å²) in [5.74, 6) is -0.713. The van der Waals surface area contributed by atoms with E-state index in [1.807, 2.05) is 24.3 Å². The Morgan fingerprint density at radius 3 is 2.67 bits per heavy atom. The van der Waals surface area contributed by atoms with Gasteiger partial charge in [0, 0.05) is 29.9 Å². The third kappa shape index (κ3) is 6.89. The molecule has 252 valence electrons. The predicted octanol–water partition coefficient (Wildman–Crippen LogP) is 9.34. The quantitative estimate of drug-likeness (QED) is 0.195. The van der Waals surface area contributed by atoms with E-state index in [0.717, 1.165) is 59.2 Å². The Hall–Kier alpha value is -3.70. The molecule has 2 aromatic heterocycles. The average Bonchev–Trinajstić information content (AvgIpc) is 3.70. The molecular weight excluding hydrogens is 654 g/mol. The largest absolute Gasteiger partial charge is 0.481 e. The van der Waals surface area contributed by atoms with Crippen LogP contribution >= 0.6 is 23.5 Å². The monoisotopic (exact) mass is 692 g/mol. The van der Waals surface area contributed by atoms with Crippen molar-refractivity contribution in [2.75, 3.05) is 11.5 Å². The Labute approximate surface area is 286 Å². The number of fused-ring (bicyclic) bond motifs is 8. The van der Waals surface area contributed by atoms with Crippen LogP contribution < -0.4 is 0 Å². The van der Waals surface area contributed by atoms with Crippen LogP contribution in [0.15, 0.2) is 64.5 Å². The first-order valence-corrected chi connectivity index (χ1v) is 18.1. The fourth-order valence-corrected chi connectivity index (χ4v) is 8.81. The summed E-state index contributed by atoms with van der Waals surface area (Å²) in [6, 6.07) is 14.3. The number of carbonyl (C=O) groups is 1. The standard InChI is InChI=1S/C37H39F3N4O2S2/c1-36(2)15-6-16-37(3,23-8-5-7-22(19-23)9-12-29(45)46)35-42-34(44(4)43-35)27-20-24(10-11-28(27)38)48-33-26(14-18-47-21-36)25-13-17-41-32(25)30(39)31(33)40/h5,7-8,10-11,13,17,19-20,41H,6,9,12,14-16,18,21H2,1-4H3,(H,45,46). The smallest absolute Gasteiger partial charge is 0.303 e. The van der Waals surface area contributed by atoms with Crippen molar-refractivity contribution in [1.29, 1.82) is 0 Å². The number of aromatic nitrogens is 4. The molecule has 0 aliphatic carbocycles. The maximum atomic E-state index is 15.7. The summed E-state index contributed by atoms with van der Waals surface area (Å²) in [4.78, 5) is 19.9. The Morgan fingerprint density at radius 1 is 1.06 bits per heavy atom. The summed E-state index contributed by atoms with van der Waals surface area (Å²) in [6.45, 7) is 6.59. The van der Waals surface area contributed by atoms with Crippen LogP contribution in [0.4, 0.5) is 13.2 Å². The summed E-state index contributed by atoms with van der Waals surface area (Å²) in [6.07, 6.45) is 5.14. The van der Waals surface area contributed by atoms with Crippen LogP contribution in [0.1, 0.15) is 69.0 Å². The normalized spacial score (nSPS) is 18.6. The number of aryl methyl sites for hydroxylation is 3. The molecule has 4 bridgehead atoms. The summed E-state index contributed by atoms with van der Waals surface area (Å²) < 4.78 is 48.1. The number of benzene rings is 3. The van der Waals surface area contributed by atoms with Gasteiger partial charge in [-0.25, -0.2) is 22.8 Å². The maximum Gasteiger partial charge on any atom is 0.303 e. The van der Waals surface area contributed by atoms with Gasteiger partial charge in [-0.1, -0.05) is 56.3 Å². The van der Waals surface area contributed by atoms with Gasteiger partial charge < -0.3 is 10.1 Å². The highest BCUT2D eigenvalue weighted by Crippen LogP contribution is 2.42. The average molecular weight is 693 g/mol. The van der Waals surface area contributed by atoms with E-state index in [-0.39, 0.29) is 27.8 Å².